The van der Waals surface area contributed by atoms with Gasteiger partial charge in [-0.15, -0.1) is 0 Å². The van der Waals surface area contributed by atoms with E-state index in [1.54, 1.807) is 0 Å². The largest absolute Gasteiger partial charge is 0.463 e. The van der Waals surface area contributed by atoms with Gasteiger partial charge in [0.15, 0.2) is 0 Å². The Labute approximate surface area is 158 Å². The first-order valence-corrected chi connectivity index (χ1v) is 8.99. The zero-order valence-corrected chi connectivity index (χ0v) is 15.2. The van der Waals surface area contributed by atoms with Crippen LogP contribution in [0.1, 0.15) is 30.4 Å². The van der Waals surface area contributed by atoms with Crippen LogP contribution in [0.2, 0.25) is 0 Å². The molecule has 1 aliphatic carbocycles. The van der Waals surface area contributed by atoms with Crippen LogP contribution in [0.3, 0.4) is 0 Å². The number of benzene rings is 2. The summed E-state index contributed by atoms with van der Waals surface area (Å²) >= 11 is 0. The van der Waals surface area contributed by atoms with E-state index in [0.29, 0.717) is 12.4 Å². The molecular weight excluding hydrogens is 340 g/mol. The maximum absolute atomic E-state index is 11.4. The molecule has 27 heavy (non-hydrogen) atoms. The summed E-state index contributed by atoms with van der Waals surface area (Å²) in [6, 6.07) is 9.85. The van der Waals surface area contributed by atoms with Crippen molar-refractivity contribution in [3.8, 4) is 5.75 Å². The third-order valence-corrected chi connectivity index (χ3v) is 4.63. The number of hydrogen-bond acceptors (Lipinski definition) is 4. The smallest absolute Gasteiger partial charge is 0.335 e. The molecule has 0 aliphatic heterocycles. The van der Waals surface area contributed by atoms with Gasteiger partial charge in [-0.1, -0.05) is 43.0 Å². The minimum Gasteiger partial charge on any atom is -0.463 e. The highest BCUT2D eigenvalue weighted by atomic mass is 16.5. The van der Waals surface area contributed by atoms with Crippen molar-refractivity contribution in [1.29, 1.82) is 0 Å². The molecule has 0 aromatic heterocycles. The maximum atomic E-state index is 11.4. The van der Waals surface area contributed by atoms with E-state index in [1.165, 1.54) is 28.2 Å². The van der Waals surface area contributed by atoms with Crippen LogP contribution in [-0.2, 0) is 20.7 Å². The second kappa shape index (κ2) is 8.49. The lowest BCUT2D eigenvalue weighted by Gasteiger charge is -2.19. The third-order valence-electron chi connectivity index (χ3n) is 4.63. The van der Waals surface area contributed by atoms with Crippen molar-refractivity contribution >= 4 is 28.8 Å². The second-order valence-electron chi connectivity index (χ2n) is 6.42. The standard InChI is InChI=1S/C23H22O4/c1-3-22(24)26-13-5-6-16-7-11-20-17(14-16)8-9-18-15-19(10-12-21(18)20)27-23(25)4-2/h3-4,8-10,12,14-15H,1-2,5-7,11,13H2. The molecule has 0 N–H and O–H groups in total. The van der Waals surface area contributed by atoms with E-state index in [4.69, 9.17) is 9.47 Å². The van der Waals surface area contributed by atoms with E-state index >= 15 is 0 Å². The normalized spacial score (nSPS) is 12.7. The minimum absolute atomic E-state index is 0.373. The van der Waals surface area contributed by atoms with Crippen LogP contribution in [0.25, 0.3) is 16.8 Å². The molecule has 0 saturated heterocycles. The molecule has 0 spiro atoms. The summed E-state index contributed by atoms with van der Waals surface area (Å²) in [4.78, 5) is 22.4. The van der Waals surface area contributed by atoms with Gasteiger partial charge in [0.05, 0.1) is 6.61 Å². The van der Waals surface area contributed by atoms with Crippen LogP contribution in [0.4, 0.5) is 0 Å². The van der Waals surface area contributed by atoms with Crippen molar-refractivity contribution in [3.05, 3.63) is 72.3 Å². The topological polar surface area (TPSA) is 52.6 Å². The first-order chi connectivity index (χ1) is 13.1. The van der Waals surface area contributed by atoms with Gasteiger partial charge in [-0.2, -0.15) is 0 Å². The summed E-state index contributed by atoms with van der Waals surface area (Å²) in [6.07, 6.45) is 8.27. The lowest BCUT2D eigenvalue weighted by Crippen LogP contribution is -2.05. The van der Waals surface area contributed by atoms with Crippen molar-refractivity contribution < 1.29 is 19.1 Å². The molecule has 0 bridgehead atoms. The van der Waals surface area contributed by atoms with Gasteiger partial charge in [-0.3, -0.25) is 0 Å². The Bertz CT molecular complexity index is 937. The zero-order chi connectivity index (χ0) is 19.2. The van der Waals surface area contributed by atoms with E-state index < -0.39 is 5.97 Å². The van der Waals surface area contributed by atoms with Gasteiger partial charge in [0.25, 0.3) is 0 Å². The Hall–Kier alpha value is -3.14. The van der Waals surface area contributed by atoms with Crippen LogP contribution >= 0.6 is 0 Å². The predicted octanol–water partition coefficient (Wildman–Crippen LogP) is 4.77. The number of fused-ring (bicyclic) bond motifs is 3. The number of aryl methyl sites for hydroxylation is 1. The average Bonchev–Trinajstić information content (AvgIpc) is 2.70. The first-order valence-electron chi connectivity index (χ1n) is 8.99. The summed E-state index contributed by atoms with van der Waals surface area (Å²) < 4.78 is 10.2. The van der Waals surface area contributed by atoms with Crippen LogP contribution in [0, 0.1) is 0 Å². The van der Waals surface area contributed by atoms with Gasteiger partial charge in [0, 0.05) is 12.2 Å². The van der Waals surface area contributed by atoms with Gasteiger partial charge >= 0.3 is 11.9 Å². The van der Waals surface area contributed by atoms with Crippen LogP contribution < -0.4 is 4.74 Å². The summed E-state index contributed by atoms with van der Waals surface area (Å²) in [7, 11) is 0. The predicted molar refractivity (Wildman–Crippen MR) is 106 cm³/mol. The maximum Gasteiger partial charge on any atom is 0.335 e. The molecule has 0 atom stereocenters. The fraction of sp³-hybridized carbons (Fsp3) is 0.217. The number of allylic oxidation sites excluding steroid dienone is 1. The Kier molecular flexibility index (Phi) is 5.87. The highest BCUT2D eigenvalue weighted by molar-refractivity contribution is 5.91. The fourth-order valence-corrected chi connectivity index (χ4v) is 3.33. The Balaban J connectivity index is 1.73. The van der Waals surface area contributed by atoms with Gasteiger partial charge in [-0.05, 0) is 59.7 Å². The molecule has 0 unspecified atom stereocenters. The first kappa shape index (κ1) is 18.6. The molecule has 0 fully saturated rings. The number of carbonyl (C=O) groups is 2. The molecule has 4 nitrogen and oxygen atoms in total. The molecule has 0 radical (unpaired) electrons. The van der Waals surface area contributed by atoms with E-state index in [9.17, 15) is 9.59 Å². The molecular formula is C23H22O4. The van der Waals surface area contributed by atoms with Gasteiger partial charge in [0.1, 0.15) is 5.75 Å². The average molecular weight is 362 g/mol. The van der Waals surface area contributed by atoms with Crippen LogP contribution in [0.5, 0.6) is 5.75 Å². The van der Waals surface area contributed by atoms with Crippen LogP contribution in [-0.4, -0.2) is 18.5 Å². The molecule has 138 valence electrons. The second-order valence-corrected chi connectivity index (χ2v) is 6.42. The summed E-state index contributed by atoms with van der Waals surface area (Å²) in [5.74, 6) is -0.310. The van der Waals surface area contributed by atoms with Gasteiger partial charge < -0.3 is 9.47 Å². The Morgan fingerprint density at radius 1 is 1.04 bits per heavy atom. The monoisotopic (exact) mass is 362 g/mol. The molecule has 3 rings (SSSR count). The van der Waals surface area contributed by atoms with Crippen molar-refractivity contribution in [2.24, 2.45) is 0 Å². The molecule has 0 amide bonds. The van der Waals surface area contributed by atoms with E-state index in [2.05, 4.69) is 25.3 Å². The van der Waals surface area contributed by atoms with E-state index in [0.717, 1.165) is 37.1 Å². The number of esters is 2. The van der Waals surface area contributed by atoms with Crippen molar-refractivity contribution in [2.75, 3.05) is 6.61 Å². The molecule has 2 aromatic rings. The molecule has 2 aromatic carbocycles. The van der Waals surface area contributed by atoms with Crippen molar-refractivity contribution in [1.82, 2.24) is 0 Å². The van der Waals surface area contributed by atoms with E-state index in [1.807, 2.05) is 24.3 Å². The Morgan fingerprint density at radius 3 is 2.63 bits per heavy atom. The highest BCUT2D eigenvalue weighted by Crippen LogP contribution is 2.33. The number of carbonyl (C=O) groups excluding carboxylic acids is 2. The summed E-state index contributed by atoms with van der Waals surface area (Å²) in [5.41, 5.74) is 3.91. The van der Waals surface area contributed by atoms with E-state index in [-0.39, 0.29) is 5.97 Å². The quantitative estimate of drug-likeness (QED) is 0.308. The highest BCUT2D eigenvalue weighted by Gasteiger charge is 2.14. The third kappa shape index (κ3) is 4.53. The van der Waals surface area contributed by atoms with Gasteiger partial charge in [-0.25, -0.2) is 9.59 Å². The molecule has 0 saturated carbocycles. The van der Waals surface area contributed by atoms with Gasteiger partial charge in [0.2, 0.25) is 0 Å². The summed E-state index contributed by atoms with van der Waals surface area (Å²) in [6.45, 7) is 7.22. The SMILES string of the molecule is C=CC(=O)OCCCC1=Cc2ccc3cc(OC(=O)C=C)ccc3c2CC1. The fourth-order valence-electron chi connectivity index (χ4n) is 3.33. The number of ether oxygens (including phenoxy) is 2. The number of hydrogen-bond donors (Lipinski definition) is 0. The van der Waals surface area contributed by atoms with Crippen molar-refractivity contribution in [2.45, 2.75) is 25.7 Å². The molecule has 0 heterocycles. The van der Waals surface area contributed by atoms with Crippen LogP contribution in [0.15, 0.2) is 61.2 Å². The molecule has 1 aliphatic rings. The zero-order valence-electron chi connectivity index (χ0n) is 15.2. The Morgan fingerprint density at radius 2 is 1.85 bits per heavy atom. The van der Waals surface area contributed by atoms with Crippen molar-refractivity contribution in [3.63, 3.8) is 0 Å². The lowest BCUT2D eigenvalue weighted by atomic mass is 9.87. The minimum atomic E-state index is -0.460. The lowest BCUT2D eigenvalue weighted by molar-refractivity contribution is -0.137. The summed E-state index contributed by atoms with van der Waals surface area (Å²) in [5, 5.41) is 2.23. The molecule has 4 heteroatoms. The number of rotatable bonds is 7.